The van der Waals surface area contributed by atoms with E-state index in [2.05, 4.69) is 20.7 Å². The Balaban J connectivity index is 1.90. The molecule has 90 valence electrons. The van der Waals surface area contributed by atoms with E-state index in [1.165, 1.54) is 0 Å². The lowest BCUT2D eigenvalue weighted by molar-refractivity contribution is 0.0987. The van der Waals surface area contributed by atoms with E-state index >= 15 is 0 Å². The van der Waals surface area contributed by atoms with Gasteiger partial charge in [-0.25, -0.2) is 0 Å². The van der Waals surface area contributed by atoms with E-state index in [0.29, 0.717) is 11.5 Å². The summed E-state index contributed by atoms with van der Waals surface area (Å²) >= 11 is 0. The highest BCUT2D eigenvalue weighted by Crippen LogP contribution is 2.20. The molecule has 2 aromatic heterocycles. The fraction of sp³-hybridized carbons (Fsp3) is 0.0833. The molecular formula is C12H10N4O2. The van der Waals surface area contributed by atoms with E-state index < -0.39 is 0 Å². The Labute approximate surface area is 102 Å². The van der Waals surface area contributed by atoms with E-state index in [1.54, 1.807) is 13.0 Å². The quantitative estimate of drug-likeness (QED) is 0.720. The molecule has 2 heterocycles. The molecular weight excluding hydrogens is 232 g/mol. The summed E-state index contributed by atoms with van der Waals surface area (Å²) in [6.07, 6.45) is 0. The van der Waals surface area contributed by atoms with Crippen molar-refractivity contribution in [2.24, 2.45) is 0 Å². The van der Waals surface area contributed by atoms with Gasteiger partial charge in [0.05, 0.1) is 11.2 Å². The number of anilines is 1. The maximum Gasteiger partial charge on any atom is 0.295 e. The number of hydrogen-bond acceptors (Lipinski definition) is 4. The van der Waals surface area contributed by atoms with Crippen LogP contribution < -0.4 is 5.32 Å². The number of aryl methyl sites for hydroxylation is 1. The maximum absolute atomic E-state index is 11.9. The molecule has 0 saturated carbocycles. The highest BCUT2D eigenvalue weighted by molar-refractivity contribution is 6.06. The number of carbonyl (C=O) groups excluding carboxylic acids is 1. The minimum atomic E-state index is -0.368. The van der Waals surface area contributed by atoms with Gasteiger partial charge < -0.3 is 9.84 Å². The number of fused-ring (bicyclic) bond motifs is 1. The Morgan fingerprint density at radius 1 is 1.39 bits per heavy atom. The molecule has 0 atom stereocenters. The Morgan fingerprint density at radius 3 is 3.00 bits per heavy atom. The van der Waals surface area contributed by atoms with Gasteiger partial charge in [0.1, 0.15) is 0 Å². The average molecular weight is 242 g/mol. The van der Waals surface area contributed by atoms with Crippen molar-refractivity contribution in [3.8, 4) is 0 Å². The van der Waals surface area contributed by atoms with E-state index in [-0.39, 0.29) is 11.7 Å². The Kier molecular flexibility index (Phi) is 2.33. The Bertz CT molecular complexity index is 714. The molecule has 0 unspecified atom stereocenters. The predicted molar refractivity (Wildman–Crippen MR) is 65.3 cm³/mol. The number of rotatable bonds is 2. The minimum absolute atomic E-state index is 0.166. The first-order chi connectivity index (χ1) is 8.74. The molecule has 0 spiro atoms. The van der Waals surface area contributed by atoms with Crippen molar-refractivity contribution in [3.05, 3.63) is 41.8 Å². The van der Waals surface area contributed by atoms with Crippen LogP contribution in [0.2, 0.25) is 0 Å². The van der Waals surface area contributed by atoms with Crippen molar-refractivity contribution in [1.82, 2.24) is 15.4 Å². The van der Waals surface area contributed by atoms with Crippen LogP contribution in [-0.4, -0.2) is 21.3 Å². The van der Waals surface area contributed by atoms with Gasteiger partial charge in [-0.3, -0.25) is 9.89 Å². The third-order valence-electron chi connectivity index (χ3n) is 2.55. The van der Waals surface area contributed by atoms with Crippen LogP contribution in [0.5, 0.6) is 0 Å². The first-order valence-corrected chi connectivity index (χ1v) is 5.42. The smallest absolute Gasteiger partial charge is 0.295 e. The predicted octanol–water partition coefficient (Wildman–Crippen LogP) is 2.11. The second-order valence-corrected chi connectivity index (χ2v) is 3.90. The first kappa shape index (κ1) is 10.5. The van der Waals surface area contributed by atoms with Crippen LogP contribution in [0, 0.1) is 6.92 Å². The van der Waals surface area contributed by atoms with Gasteiger partial charge in [0, 0.05) is 11.5 Å². The molecule has 0 fully saturated rings. The van der Waals surface area contributed by atoms with E-state index in [0.717, 1.165) is 10.9 Å². The third-order valence-corrected chi connectivity index (χ3v) is 2.55. The van der Waals surface area contributed by atoms with Gasteiger partial charge in [-0.15, -0.1) is 0 Å². The number of hydrogen-bond donors (Lipinski definition) is 2. The Hall–Kier alpha value is -2.63. The topological polar surface area (TPSA) is 83.8 Å². The average Bonchev–Trinajstić information content (AvgIpc) is 2.97. The van der Waals surface area contributed by atoms with E-state index in [4.69, 9.17) is 4.52 Å². The second-order valence-electron chi connectivity index (χ2n) is 3.90. The minimum Gasteiger partial charge on any atom is -0.351 e. The van der Waals surface area contributed by atoms with Gasteiger partial charge >= 0.3 is 0 Å². The number of carbonyl (C=O) groups is 1. The molecule has 18 heavy (non-hydrogen) atoms. The zero-order valence-corrected chi connectivity index (χ0v) is 9.60. The summed E-state index contributed by atoms with van der Waals surface area (Å²) in [5, 5.41) is 14.1. The van der Waals surface area contributed by atoms with Crippen molar-refractivity contribution in [2.75, 3.05) is 5.32 Å². The zero-order chi connectivity index (χ0) is 12.5. The number of nitrogens with one attached hydrogen (secondary N) is 2. The molecule has 0 saturated heterocycles. The van der Waals surface area contributed by atoms with Gasteiger partial charge in [-0.1, -0.05) is 17.3 Å². The number of H-pyrrole nitrogens is 1. The van der Waals surface area contributed by atoms with Gasteiger partial charge in [0.2, 0.25) is 5.76 Å². The number of aromatic amines is 1. The van der Waals surface area contributed by atoms with Gasteiger partial charge in [-0.05, 0) is 19.1 Å². The summed E-state index contributed by atoms with van der Waals surface area (Å²) in [5.41, 5.74) is 1.52. The summed E-state index contributed by atoms with van der Waals surface area (Å²) in [4.78, 5) is 11.9. The zero-order valence-electron chi connectivity index (χ0n) is 9.60. The molecule has 1 aromatic carbocycles. The van der Waals surface area contributed by atoms with E-state index in [9.17, 15) is 4.79 Å². The molecule has 0 radical (unpaired) electrons. The van der Waals surface area contributed by atoms with Crippen LogP contribution in [0.25, 0.3) is 10.9 Å². The largest absolute Gasteiger partial charge is 0.351 e. The normalized spacial score (nSPS) is 10.7. The standard InChI is InChI=1S/C12H10N4O2/c1-7-6-10(18-16-7)12(17)13-11-8-4-2-3-5-9(8)14-15-11/h2-6H,1H3,(H2,13,14,15,17). The monoisotopic (exact) mass is 242 g/mol. The molecule has 1 amide bonds. The summed E-state index contributed by atoms with van der Waals surface area (Å²) in [6.45, 7) is 1.75. The molecule has 0 aliphatic heterocycles. The molecule has 0 aliphatic carbocycles. The van der Waals surface area contributed by atoms with Crippen molar-refractivity contribution in [1.29, 1.82) is 0 Å². The van der Waals surface area contributed by atoms with E-state index in [1.807, 2.05) is 24.3 Å². The molecule has 6 heteroatoms. The summed E-state index contributed by atoms with van der Waals surface area (Å²) < 4.78 is 4.89. The lowest BCUT2D eigenvalue weighted by Crippen LogP contribution is -2.11. The van der Waals surface area contributed by atoms with Gasteiger partial charge in [0.15, 0.2) is 5.82 Å². The molecule has 0 aliphatic rings. The van der Waals surface area contributed by atoms with Gasteiger partial charge in [0.25, 0.3) is 5.91 Å². The molecule has 3 aromatic rings. The molecule has 3 rings (SSSR count). The number of aromatic nitrogens is 3. The van der Waals surface area contributed by atoms with Crippen molar-refractivity contribution in [2.45, 2.75) is 6.92 Å². The number of nitrogens with zero attached hydrogens (tertiary/aromatic N) is 2. The SMILES string of the molecule is Cc1cc(C(=O)Nc2n[nH]c3ccccc23)on1. The number of benzene rings is 1. The van der Waals surface area contributed by atoms with Crippen LogP contribution in [0.3, 0.4) is 0 Å². The maximum atomic E-state index is 11.9. The third kappa shape index (κ3) is 1.73. The number of para-hydroxylation sites is 1. The highest BCUT2D eigenvalue weighted by Gasteiger charge is 2.14. The Morgan fingerprint density at radius 2 is 2.22 bits per heavy atom. The highest BCUT2D eigenvalue weighted by atomic mass is 16.5. The van der Waals surface area contributed by atoms with Crippen LogP contribution in [0.4, 0.5) is 5.82 Å². The van der Waals surface area contributed by atoms with Crippen molar-refractivity contribution in [3.63, 3.8) is 0 Å². The molecule has 0 bridgehead atoms. The van der Waals surface area contributed by atoms with Gasteiger partial charge in [-0.2, -0.15) is 5.10 Å². The summed E-state index contributed by atoms with van der Waals surface area (Å²) in [7, 11) is 0. The van der Waals surface area contributed by atoms with Crippen LogP contribution in [-0.2, 0) is 0 Å². The lowest BCUT2D eigenvalue weighted by Gasteiger charge is -1.98. The van der Waals surface area contributed by atoms with Crippen molar-refractivity contribution < 1.29 is 9.32 Å². The molecule has 6 nitrogen and oxygen atoms in total. The lowest BCUT2D eigenvalue weighted by atomic mass is 10.2. The summed E-state index contributed by atoms with van der Waals surface area (Å²) in [6, 6.07) is 9.11. The fourth-order valence-electron chi connectivity index (χ4n) is 1.70. The fourth-order valence-corrected chi connectivity index (χ4v) is 1.70. The second kappa shape index (κ2) is 3.99. The van der Waals surface area contributed by atoms with Crippen LogP contribution in [0.1, 0.15) is 16.2 Å². The summed E-state index contributed by atoms with van der Waals surface area (Å²) in [5.74, 6) is 0.275. The van der Waals surface area contributed by atoms with Crippen LogP contribution in [0.15, 0.2) is 34.9 Å². The number of amides is 1. The first-order valence-electron chi connectivity index (χ1n) is 5.42. The van der Waals surface area contributed by atoms with Crippen LogP contribution >= 0.6 is 0 Å². The molecule has 2 N–H and O–H groups in total. The van der Waals surface area contributed by atoms with Crippen molar-refractivity contribution >= 4 is 22.6 Å².